The minimum atomic E-state index is -0.404. The van der Waals surface area contributed by atoms with Crippen LogP contribution in [0, 0.1) is 11.3 Å². The highest BCUT2D eigenvalue weighted by molar-refractivity contribution is 5.81. The fourth-order valence-electron chi connectivity index (χ4n) is 4.09. The summed E-state index contributed by atoms with van der Waals surface area (Å²) in [6, 6.07) is 16.7. The number of nitrogens with one attached hydrogen (secondary N) is 1. The number of hydrogen-bond acceptors (Lipinski definition) is 3. The van der Waals surface area contributed by atoms with Gasteiger partial charge in [-0.25, -0.2) is 0 Å². The van der Waals surface area contributed by atoms with E-state index >= 15 is 0 Å². The number of rotatable bonds is 6. The zero-order valence-electron chi connectivity index (χ0n) is 18.3. The summed E-state index contributed by atoms with van der Waals surface area (Å²) in [5.74, 6) is 1.03. The van der Waals surface area contributed by atoms with Crippen molar-refractivity contribution in [3.8, 4) is 0 Å². The zero-order chi connectivity index (χ0) is 20.9. The molecule has 0 unspecified atom stereocenters. The van der Waals surface area contributed by atoms with E-state index in [0.717, 1.165) is 38.2 Å². The third-order valence-corrected chi connectivity index (χ3v) is 5.98. The largest absolute Gasteiger partial charge is 0.347 e. The van der Waals surface area contributed by atoms with Crippen LogP contribution in [-0.4, -0.2) is 35.4 Å². The molecule has 2 aromatic rings. The minimum Gasteiger partial charge on any atom is -0.347 e. The first kappa shape index (κ1) is 21.5. The Hall–Kier alpha value is -2.20. The molecule has 29 heavy (non-hydrogen) atoms. The van der Waals surface area contributed by atoms with Gasteiger partial charge in [0.1, 0.15) is 0 Å². The highest BCUT2D eigenvalue weighted by Gasteiger charge is 2.32. The van der Waals surface area contributed by atoms with E-state index in [9.17, 15) is 4.79 Å². The van der Waals surface area contributed by atoms with Crippen LogP contribution in [0.3, 0.4) is 0 Å². The van der Waals surface area contributed by atoms with Crippen LogP contribution in [0.2, 0.25) is 0 Å². The van der Waals surface area contributed by atoms with E-state index in [4.69, 9.17) is 0 Å². The number of carbonyl (C=O) groups excluding carboxylic acids is 1. The second kappa shape index (κ2) is 9.53. The first-order valence-corrected chi connectivity index (χ1v) is 10.8. The standard InChI is InChI=1S/C25H35N3O/c1-19(20-10-6-5-7-11-20)18-28-16-13-21(14-17-28)23(22-12-8-9-15-26-22)27-24(29)25(2,3)4/h5-12,15,19,21,23H,13-14,16-18H2,1-4H3,(H,27,29)/t19-,23-/m0/s1. The van der Waals surface area contributed by atoms with Crippen molar-refractivity contribution in [2.24, 2.45) is 11.3 Å². The molecule has 1 amide bonds. The van der Waals surface area contributed by atoms with Crippen molar-refractivity contribution in [2.75, 3.05) is 19.6 Å². The molecule has 4 heteroatoms. The maximum atomic E-state index is 12.7. The quantitative estimate of drug-likeness (QED) is 0.767. The summed E-state index contributed by atoms with van der Waals surface area (Å²) in [5.41, 5.74) is 1.97. The molecule has 0 saturated carbocycles. The molecule has 3 rings (SSSR count). The molecule has 1 aliphatic heterocycles. The SMILES string of the molecule is C[C@@H](CN1CCC([C@H](NC(=O)C(C)(C)C)c2ccccn2)CC1)c1ccccc1. The van der Waals surface area contributed by atoms with E-state index in [1.54, 1.807) is 0 Å². The Kier molecular flexibility index (Phi) is 7.07. The Balaban J connectivity index is 1.63. The van der Waals surface area contributed by atoms with Crippen LogP contribution in [-0.2, 0) is 4.79 Å². The highest BCUT2D eigenvalue weighted by atomic mass is 16.2. The smallest absolute Gasteiger partial charge is 0.225 e. The molecular formula is C25H35N3O. The number of pyridine rings is 1. The summed E-state index contributed by atoms with van der Waals surface area (Å²) in [7, 11) is 0. The topological polar surface area (TPSA) is 45.2 Å². The van der Waals surface area contributed by atoms with E-state index in [2.05, 4.69) is 52.5 Å². The summed E-state index contributed by atoms with van der Waals surface area (Å²) < 4.78 is 0. The molecule has 0 bridgehead atoms. The van der Waals surface area contributed by atoms with Crippen molar-refractivity contribution in [3.63, 3.8) is 0 Å². The third-order valence-electron chi connectivity index (χ3n) is 5.98. The van der Waals surface area contributed by atoms with Gasteiger partial charge in [0.05, 0.1) is 11.7 Å². The van der Waals surface area contributed by atoms with Crippen LogP contribution in [0.15, 0.2) is 54.7 Å². The van der Waals surface area contributed by atoms with Crippen LogP contribution in [0.1, 0.15) is 63.8 Å². The molecule has 1 aromatic heterocycles. The molecular weight excluding hydrogens is 358 g/mol. The van der Waals surface area contributed by atoms with Gasteiger partial charge in [-0.1, -0.05) is 64.1 Å². The number of aromatic nitrogens is 1. The number of carbonyl (C=O) groups is 1. The zero-order valence-corrected chi connectivity index (χ0v) is 18.3. The van der Waals surface area contributed by atoms with Crippen molar-refractivity contribution in [3.05, 3.63) is 66.0 Å². The molecule has 2 atom stereocenters. The lowest BCUT2D eigenvalue weighted by Crippen LogP contribution is -2.44. The summed E-state index contributed by atoms with van der Waals surface area (Å²) >= 11 is 0. The fourth-order valence-corrected chi connectivity index (χ4v) is 4.09. The molecule has 1 saturated heterocycles. The highest BCUT2D eigenvalue weighted by Crippen LogP contribution is 2.32. The fraction of sp³-hybridized carbons (Fsp3) is 0.520. The molecule has 1 fully saturated rings. The number of benzene rings is 1. The Morgan fingerprint density at radius 2 is 1.76 bits per heavy atom. The average molecular weight is 394 g/mol. The Labute approximate surface area is 175 Å². The lowest BCUT2D eigenvalue weighted by atomic mass is 9.85. The summed E-state index contributed by atoms with van der Waals surface area (Å²) in [5, 5.41) is 3.30. The van der Waals surface area contributed by atoms with Crippen LogP contribution < -0.4 is 5.32 Å². The van der Waals surface area contributed by atoms with Crippen LogP contribution in [0.5, 0.6) is 0 Å². The molecule has 0 radical (unpaired) electrons. The van der Waals surface area contributed by atoms with Crippen LogP contribution in [0.25, 0.3) is 0 Å². The second-order valence-electron chi connectivity index (χ2n) is 9.41. The number of piperidine rings is 1. The molecule has 156 valence electrons. The number of amides is 1. The number of nitrogens with zero attached hydrogens (tertiary/aromatic N) is 2. The van der Waals surface area contributed by atoms with Crippen molar-refractivity contribution in [2.45, 2.75) is 52.5 Å². The lowest BCUT2D eigenvalue weighted by Gasteiger charge is -2.38. The van der Waals surface area contributed by atoms with Gasteiger partial charge in [0.2, 0.25) is 5.91 Å². The summed E-state index contributed by atoms with van der Waals surface area (Å²) in [4.78, 5) is 19.8. The second-order valence-corrected chi connectivity index (χ2v) is 9.41. The van der Waals surface area contributed by atoms with Gasteiger partial charge in [-0.3, -0.25) is 9.78 Å². The van der Waals surface area contributed by atoms with Crippen LogP contribution in [0.4, 0.5) is 0 Å². The van der Waals surface area contributed by atoms with E-state index in [0.29, 0.717) is 11.8 Å². The predicted molar refractivity (Wildman–Crippen MR) is 119 cm³/mol. The molecule has 1 aromatic carbocycles. The van der Waals surface area contributed by atoms with Crippen molar-refractivity contribution >= 4 is 5.91 Å². The molecule has 2 heterocycles. The number of likely N-dealkylation sites (tertiary alicyclic amines) is 1. The third kappa shape index (κ3) is 5.89. The van der Waals surface area contributed by atoms with Gasteiger partial charge in [-0.2, -0.15) is 0 Å². The van der Waals surface area contributed by atoms with E-state index < -0.39 is 5.41 Å². The van der Waals surface area contributed by atoms with Gasteiger partial charge in [0.15, 0.2) is 0 Å². The van der Waals surface area contributed by atoms with E-state index in [1.165, 1.54) is 5.56 Å². The molecule has 0 spiro atoms. The van der Waals surface area contributed by atoms with Crippen molar-refractivity contribution in [1.82, 2.24) is 15.2 Å². The van der Waals surface area contributed by atoms with Gasteiger partial charge in [0.25, 0.3) is 0 Å². The first-order chi connectivity index (χ1) is 13.8. The normalized spacial score (nSPS) is 18.2. The Morgan fingerprint density at radius 1 is 1.10 bits per heavy atom. The maximum absolute atomic E-state index is 12.7. The van der Waals surface area contributed by atoms with Crippen molar-refractivity contribution < 1.29 is 4.79 Å². The molecule has 0 aliphatic carbocycles. The Bertz CT molecular complexity index is 762. The van der Waals surface area contributed by atoms with Gasteiger partial charge in [-0.15, -0.1) is 0 Å². The van der Waals surface area contributed by atoms with E-state index in [1.807, 2.05) is 45.2 Å². The van der Waals surface area contributed by atoms with Crippen molar-refractivity contribution in [1.29, 1.82) is 0 Å². The van der Waals surface area contributed by atoms with E-state index in [-0.39, 0.29) is 11.9 Å². The maximum Gasteiger partial charge on any atom is 0.225 e. The van der Waals surface area contributed by atoms with Gasteiger partial charge >= 0.3 is 0 Å². The Morgan fingerprint density at radius 3 is 2.34 bits per heavy atom. The van der Waals surface area contributed by atoms with Gasteiger partial charge in [-0.05, 0) is 55.5 Å². The lowest BCUT2D eigenvalue weighted by molar-refractivity contribution is -0.129. The number of hydrogen-bond donors (Lipinski definition) is 1. The van der Waals surface area contributed by atoms with Crippen LogP contribution >= 0.6 is 0 Å². The predicted octanol–water partition coefficient (Wildman–Crippen LogP) is 4.80. The minimum absolute atomic E-state index is 0.0170. The molecule has 1 aliphatic rings. The average Bonchev–Trinajstić information content (AvgIpc) is 2.73. The first-order valence-electron chi connectivity index (χ1n) is 10.8. The van der Waals surface area contributed by atoms with Gasteiger partial charge < -0.3 is 10.2 Å². The molecule has 1 N–H and O–H groups in total. The molecule has 4 nitrogen and oxygen atoms in total. The summed E-state index contributed by atoms with van der Waals surface area (Å²) in [6.07, 6.45) is 3.97. The summed E-state index contributed by atoms with van der Waals surface area (Å²) in [6.45, 7) is 11.4. The van der Waals surface area contributed by atoms with Gasteiger partial charge in [0, 0.05) is 18.2 Å². The monoisotopic (exact) mass is 393 g/mol.